The quantitative estimate of drug-likeness (QED) is 0.219. The summed E-state index contributed by atoms with van der Waals surface area (Å²) in [5, 5.41) is 5.71. The number of benzene rings is 6. The Hall–Kier alpha value is -5.21. The fraction of sp³-hybridized carbons (Fsp3) is 0.0750. The van der Waals surface area contributed by atoms with Gasteiger partial charge in [0.1, 0.15) is 11.2 Å². The molecule has 0 fully saturated rings. The van der Waals surface area contributed by atoms with Crippen LogP contribution in [0.3, 0.4) is 0 Å². The standard InChI is InChI=1S/C40H27NO/c1-40(2)32-15-9-8-14-28(32)31-22-26(16-19-33(31)40)34-23-30(24-10-4-3-5-11-24)29-18-21-36-38(39(29)41-34)37-27-13-7-6-12-25(27)17-20-35(37)42-36/h3-23H,1-2H3. The van der Waals surface area contributed by atoms with Gasteiger partial charge in [0.15, 0.2) is 0 Å². The number of hydrogen-bond donors (Lipinski definition) is 0. The van der Waals surface area contributed by atoms with Gasteiger partial charge in [-0.2, -0.15) is 0 Å². The number of rotatable bonds is 2. The van der Waals surface area contributed by atoms with Crippen LogP contribution in [0.25, 0.3) is 77.1 Å². The van der Waals surface area contributed by atoms with Crippen LogP contribution in [0, 0.1) is 0 Å². The van der Waals surface area contributed by atoms with E-state index in [0.29, 0.717) is 0 Å². The predicted molar refractivity (Wildman–Crippen MR) is 175 cm³/mol. The number of pyridine rings is 1. The third kappa shape index (κ3) is 3.18. The molecule has 42 heavy (non-hydrogen) atoms. The van der Waals surface area contributed by atoms with Crippen LogP contribution in [0.2, 0.25) is 0 Å². The molecule has 198 valence electrons. The van der Waals surface area contributed by atoms with E-state index in [9.17, 15) is 0 Å². The zero-order valence-electron chi connectivity index (χ0n) is 23.5. The molecule has 0 saturated heterocycles. The van der Waals surface area contributed by atoms with Crippen LogP contribution in [0.1, 0.15) is 25.0 Å². The SMILES string of the molecule is CC1(C)c2ccccc2-c2cc(-c3cc(-c4ccccc4)c4ccc5oc6ccc7ccccc7c6c5c4n3)ccc21. The molecule has 0 amide bonds. The van der Waals surface area contributed by atoms with Crippen LogP contribution in [-0.2, 0) is 5.41 Å². The first-order chi connectivity index (χ1) is 20.6. The van der Waals surface area contributed by atoms with Gasteiger partial charge in [0.25, 0.3) is 0 Å². The number of aromatic nitrogens is 1. The Morgan fingerprint density at radius 2 is 1.26 bits per heavy atom. The van der Waals surface area contributed by atoms with Crippen LogP contribution in [-0.4, -0.2) is 4.98 Å². The molecule has 0 N–H and O–H groups in total. The van der Waals surface area contributed by atoms with Crippen LogP contribution >= 0.6 is 0 Å². The Kier molecular flexibility index (Phi) is 4.70. The molecule has 2 heterocycles. The van der Waals surface area contributed by atoms with Gasteiger partial charge in [-0.15, -0.1) is 0 Å². The first-order valence-electron chi connectivity index (χ1n) is 14.6. The fourth-order valence-corrected chi connectivity index (χ4v) is 7.20. The monoisotopic (exact) mass is 537 g/mol. The van der Waals surface area contributed by atoms with Crippen molar-refractivity contribution in [2.75, 3.05) is 0 Å². The maximum Gasteiger partial charge on any atom is 0.137 e. The Morgan fingerprint density at radius 1 is 0.524 bits per heavy atom. The molecular formula is C40H27NO. The molecule has 0 spiro atoms. The summed E-state index contributed by atoms with van der Waals surface area (Å²) in [5.41, 5.74) is 12.5. The topological polar surface area (TPSA) is 26.0 Å². The average Bonchev–Trinajstić information content (AvgIpc) is 3.54. The third-order valence-corrected chi connectivity index (χ3v) is 9.27. The summed E-state index contributed by atoms with van der Waals surface area (Å²) in [6.07, 6.45) is 0. The zero-order chi connectivity index (χ0) is 28.0. The molecular weight excluding hydrogens is 510 g/mol. The minimum Gasteiger partial charge on any atom is -0.456 e. The van der Waals surface area contributed by atoms with Crippen LogP contribution in [0.15, 0.2) is 132 Å². The molecule has 0 atom stereocenters. The predicted octanol–water partition coefficient (Wildman–Crippen LogP) is 10.9. The molecule has 2 nitrogen and oxygen atoms in total. The van der Waals surface area contributed by atoms with Crippen molar-refractivity contribution < 1.29 is 4.42 Å². The molecule has 2 heteroatoms. The van der Waals surface area contributed by atoms with Crippen molar-refractivity contribution in [3.8, 4) is 33.5 Å². The van der Waals surface area contributed by atoms with Gasteiger partial charge >= 0.3 is 0 Å². The Bertz CT molecular complexity index is 2380. The van der Waals surface area contributed by atoms with Gasteiger partial charge in [-0.3, -0.25) is 0 Å². The lowest BCUT2D eigenvalue weighted by Gasteiger charge is -2.21. The van der Waals surface area contributed by atoms with E-state index in [-0.39, 0.29) is 5.41 Å². The lowest BCUT2D eigenvalue weighted by molar-refractivity contribution is 0.660. The van der Waals surface area contributed by atoms with E-state index in [0.717, 1.165) is 44.1 Å². The minimum atomic E-state index is -0.0284. The lowest BCUT2D eigenvalue weighted by atomic mass is 9.82. The second-order valence-corrected chi connectivity index (χ2v) is 11.9. The molecule has 0 aliphatic heterocycles. The van der Waals surface area contributed by atoms with Gasteiger partial charge in [-0.1, -0.05) is 111 Å². The highest BCUT2D eigenvalue weighted by molar-refractivity contribution is 6.26. The van der Waals surface area contributed by atoms with Crippen molar-refractivity contribution in [2.45, 2.75) is 19.3 Å². The first-order valence-corrected chi connectivity index (χ1v) is 14.6. The normalized spacial score (nSPS) is 13.7. The van der Waals surface area contributed by atoms with Crippen LogP contribution < -0.4 is 0 Å². The van der Waals surface area contributed by atoms with E-state index in [1.165, 1.54) is 44.2 Å². The van der Waals surface area contributed by atoms with Gasteiger partial charge in [0.2, 0.25) is 0 Å². The second-order valence-electron chi connectivity index (χ2n) is 11.9. The van der Waals surface area contributed by atoms with Crippen LogP contribution in [0.5, 0.6) is 0 Å². The molecule has 0 radical (unpaired) electrons. The molecule has 1 aliphatic rings. The maximum absolute atomic E-state index is 6.44. The highest BCUT2D eigenvalue weighted by atomic mass is 16.3. The van der Waals surface area contributed by atoms with E-state index in [2.05, 4.69) is 141 Å². The minimum absolute atomic E-state index is 0.0284. The van der Waals surface area contributed by atoms with Crippen molar-refractivity contribution >= 4 is 43.6 Å². The van der Waals surface area contributed by atoms with E-state index >= 15 is 0 Å². The summed E-state index contributed by atoms with van der Waals surface area (Å²) >= 11 is 0. The number of nitrogens with zero attached hydrogens (tertiary/aromatic N) is 1. The average molecular weight is 538 g/mol. The third-order valence-electron chi connectivity index (χ3n) is 9.27. The second kappa shape index (κ2) is 8.41. The molecule has 0 unspecified atom stereocenters. The molecule has 0 bridgehead atoms. The van der Waals surface area contributed by atoms with Crippen molar-refractivity contribution in [3.63, 3.8) is 0 Å². The molecule has 1 aliphatic carbocycles. The van der Waals surface area contributed by atoms with E-state index in [4.69, 9.17) is 9.40 Å². The smallest absolute Gasteiger partial charge is 0.137 e. The number of hydrogen-bond acceptors (Lipinski definition) is 2. The summed E-state index contributed by atoms with van der Waals surface area (Å²) in [4.78, 5) is 5.45. The van der Waals surface area contributed by atoms with E-state index in [1.807, 2.05) is 0 Å². The van der Waals surface area contributed by atoms with Gasteiger partial charge in [0.05, 0.1) is 16.6 Å². The van der Waals surface area contributed by atoms with Crippen molar-refractivity contribution in [1.29, 1.82) is 0 Å². The van der Waals surface area contributed by atoms with E-state index < -0.39 is 0 Å². The van der Waals surface area contributed by atoms with Crippen molar-refractivity contribution in [3.05, 3.63) is 139 Å². The summed E-state index contributed by atoms with van der Waals surface area (Å²) in [6.45, 7) is 4.65. The highest BCUT2D eigenvalue weighted by Gasteiger charge is 2.35. The lowest BCUT2D eigenvalue weighted by Crippen LogP contribution is -2.14. The maximum atomic E-state index is 6.44. The summed E-state index contributed by atoms with van der Waals surface area (Å²) in [7, 11) is 0. The Morgan fingerprint density at radius 3 is 2.17 bits per heavy atom. The molecule has 2 aromatic heterocycles. The van der Waals surface area contributed by atoms with Gasteiger partial charge < -0.3 is 4.42 Å². The number of fused-ring (bicyclic) bond motifs is 10. The molecule has 6 aromatic carbocycles. The molecule has 9 rings (SSSR count). The Balaban J connectivity index is 1.39. The van der Waals surface area contributed by atoms with E-state index in [1.54, 1.807) is 0 Å². The fourth-order valence-electron chi connectivity index (χ4n) is 7.20. The van der Waals surface area contributed by atoms with Gasteiger partial charge in [-0.25, -0.2) is 4.98 Å². The Labute approximate surface area is 243 Å². The largest absolute Gasteiger partial charge is 0.456 e. The van der Waals surface area contributed by atoms with Gasteiger partial charge in [-0.05, 0) is 74.5 Å². The number of furan rings is 1. The zero-order valence-corrected chi connectivity index (χ0v) is 23.5. The highest BCUT2D eigenvalue weighted by Crippen LogP contribution is 2.50. The summed E-state index contributed by atoms with van der Waals surface area (Å²) in [5.74, 6) is 0. The molecule has 0 saturated carbocycles. The van der Waals surface area contributed by atoms with Crippen molar-refractivity contribution in [2.24, 2.45) is 0 Å². The first kappa shape index (κ1) is 23.5. The van der Waals surface area contributed by atoms with Crippen LogP contribution in [0.4, 0.5) is 0 Å². The van der Waals surface area contributed by atoms with Gasteiger partial charge in [0, 0.05) is 21.8 Å². The summed E-state index contributed by atoms with van der Waals surface area (Å²) in [6, 6.07) is 45.7. The molecule has 8 aromatic rings. The van der Waals surface area contributed by atoms with Crippen molar-refractivity contribution in [1.82, 2.24) is 4.98 Å². The summed E-state index contributed by atoms with van der Waals surface area (Å²) < 4.78 is 6.44.